The van der Waals surface area contributed by atoms with E-state index in [0.29, 0.717) is 12.2 Å². The van der Waals surface area contributed by atoms with Crippen LogP contribution in [0.1, 0.15) is 35.3 Å². The van der Waals surface area contributed by atoms with Crippen LogP contribution in [0.5, 0.6) is 0 Å². The molecule has 0 radical (unpaired) electrons. The molecule has 1 N–H and O–H groups in total. The zero-order valence-corrected chi connectivity index (χ0v) is 11.8. The SMILES string of the molecule is CCNC(c1cc(C)ccn1)c1cnccc1C(F)(F)F. The maximum absolute atomic E-state index is 13.2. The second-order valence-electron chi connectivity index (χ2n) is 4.71. The van der Waals surface area contributed by atoms with Crippen LogP contribution in [-0.4, -0.2) is 16.5 Å². The lowest BCUT2D eigenvalue weighted by Crippen LogP contribution is -2.26. The third kappa shape index (κ3) is 3.58. The lowest BCUT2D eigenvalue weighted by molar-refractivity contribution is -0.138. The lowest BCUT2D eigenvalue weighted by atomic mass is 9.98. The number of hydrogen-bond donors (Lipinski definition) is 1. The van der Waals surface area contributed by atoms with Crippen LogP contribution < -0.4 is 5.32 Å². The summed E-state index contributed by atoms with van der Waals surface area (Å²) < 4.78 is 39.5. The molecule has 112 valence electrons. The van der Waals surface area contributed by atoms with Crippen LogP contribution in [0.4, 0.5) is 13.2 Å². The number of halogens is 3. The first-order valence-electron chi connectivity index (χ1n) is 6.60. The van der Waals surface area contributed by atoms with E-state index in [4.69, 9.17) is 0 Å². The van der Waals surface area contributed by atoms with Crippen molar-refractivity contribution < 1.29 is 13.2 Å². The first-order chi connectivity index (χ1) is 9.93. The summed E-state index contributed by atoms with van der Waals surface area (Å²) in [5, 5.41) is 3.05. The van der Waals surface area contributed by atoms with Crippen LogP contribution in [0.25, 0.3) is 0 Å². The van der Waals surface area contributed by atoms with E-state index in [1.165, 1.54) is 6.20 Å². The van der Waals surface area contributed by atoms with Gasteiger partial charge in [-0.15, -0.1) is 0 Å². The van der Waals surface area contributed by atoms with Gasteiger partial charge in [0, 0.05) is 24.2 Å². The van der Waals surface area contributed by atoms with Crippen LogP contribution in [0, 0.1) is 6.92 Å². The summed E-state index contributed by atoms with van der Waals surface area (Å²) in [6.07, 6.45) is -0.423. The molecular formula is C15H16F3N3. The number of pyridine rings is 2. The van der Waals surface area contributed by atoms with Crippen LogP contribution in [0.2, 0.25) is 0 Å². The van der Waals surface area contributed by atoms with Gasteiger partial charge in [-0.2, -0.15) is 13.2 Å². The minimum Gasteiger partial charge on any atom is -0.305 e. The zero-order chi connectivity index (χ0) is 15.5. The molecule has 0 spiro atoms. The van der Waals surface area contributed by atoms with E-state index in [1.807, 2.05) is 13.8 Å². The van der Waals surface area contributed by atoms with Gasteiger partial charge in [0.05, 0.1) is 17.3 Å². The van der Waals surface area contributed by atoms with Crippen molar-refractivity contribution in [3.05, 3.63) is 59.2 Å². The molecule has 3 nitrogen and oxygen atoms in total. The molecular weight excluding hydrogens is 279 g/mol. The van der Waals surface area contributed by atoms with E-state index in [0.717, 1.165) is 17.8 Å². The number of hydrogen-bond acceptors (Lipinski definition) is 3. The Kier molecular flexibility index (Phi) is 4.57. The van der Waals surface area contributed by atoms with Crippen LogP contribution in [0.3, 0.4) is 0 Å². The Hall–Kier alpha value is -1.95. The minimum atomic E-state index is -4.42. The van der Waals surface area contributed by atoms with Crippen molar-refractivity contribution in [3.63, 3.8) is 0 Å². The molecule has 0 saturated heterocycles. The topological polar surface area (TPSA) is 37.8 Å². The third-order valence-electron chi connectivity index (χ3n) is 3.11. The van der Waals surface area contributed by atoms with E-state index in [1.54, 1.807) is 18.3 Å². The second-order valence-corrected chi connectivity index (χ2v) is 4.71. The molecule has 1 unspecified atom stereocenters. The Morgan fingerprint density at radius 3 is 2.62 bits per heavy atom. The van der Waals surface area contributed by atoms with E-state index >= 15 is 0 Å². The first kappa shape index (κ1) is 15.4. The molecule has 1 atom stereocenters. The van der Waals surface area contributed by atoms with Gasteiger partial charge in [0.25, 0.3) is 0 Å². The smallest absolute Gasteiger partial charge is 0.305 e. The Morgan fingerprint density at radius 1 is 1.24 bits per heavy atom. The lowest BCUT2D eigenvalue weighted by Gasteiger charge is -2.21. The Balaban J connectivity index is 2.54. The van der Waals surface area contributed by atoms with Crippen LogP contribution >= 0.6 is 0 Å². The summed E-state index contributed by atoms with van der Waals surface area (Å²) in [7, 11) is 0. The third-order valence-corrected chi connectivity index (χ3v) is 3.11. The van der Waals surface area contributed by atoms with Crippen LogP contribution in [0.15, 0.2) is 36.8 Å². The van der Waals surface area contributed by atoms with Gasteiger partial charge in [-0.25, -0.2) is 0 Å². The number of aromatic nitrogens is 2. The van der Waals surface area contributed by atoms with Crippen LogP contribution in [-0.2, 0) is 6.18 Å². The highest BCUT2D eigenvalue weighted by molar-refractivity contribution is 5.35. The Bertz CT molecular complexity index is 611. The highest BCUT2D eigenvalue weighted by Gasteiger charge is 2.35. The molecule has 2 heterocycles. The number of aryl methyl sites for hydroxylation is 1. The van der Waals surface area contributed by atoms with Gasteiger partial charge in [0.2, 0.25) is 0 Å². The summed E-state index contributed by atoms with van der Waals surface area (Å²) in [6, 6.07) is 3.94. The van der Waals surface area contributed by atoms with Gasteiger partial charge < -0.3 is 5.32 Å². The summed E-state index contributed by atoms with van der Waals surface area (Å²) in [4.78, 5) is 8.04. The fourth-order valence-corrected chi connectivity index (χ4v) is 2.19. The summed E-state index contributed by atoms with van der Waals surface area (Å²) in [5.41, 5.74) is 0.896. The first-order valence-corrected chi connectivity index (χ1v) is 6.60. The largest absolute Gasteiger partial charge is 0.416 e. The number of alkyl halides is 3. The molecule has 0 amide bonds. The molecule has 0 aliphatic carbocycles. The molecule has 6 heteroatoms. The van der Waals surface area contributed by atoms with E-state index in [9.17, 15) is 13.2 Å². The summed E-state index contributed by atoms with van der Waals surface area (Å²) >= 11 is 0. The number of nitrogens with zero attached hydrogens (tertiary/aromatic N) is 2. The minimum absolute atomic E-state index is 0.0879. The molecule has 2 aromatic heterocycles. The fourth-order valence-electron chi connectivity index (χ4n) is 2.19. The standard InChI is InChI=1S/C15H16F3N3/c1-3-20-14(13-8-10(2)4-7-21-13)11-9-19-6-5-12(11)15(16,17)18/h4-9,14,20H,3H2,1-2H3. The van der Waals surface area contributed by atoms with Crippen molar-refractivity contribution >= 4 is 0 Å². The zero-order valence-electron chi connectivity index (χ0n) is 11.8. The molecule has 0 aromatic carbocycles. The molecule has 0 fully saturated rings. The highest BCUT2D eigenvalue weighted by Crippen LogP contribution is 2.35. The van der Waals surface area contributed by atoms with E-state index in [-0.39, 0.29) is 5.56 Å². The average molecular weight is 295 g/mol. The van der Waals surface area contributed by atoms with Crippen molar-refractivity contribution in [2.45, 2.75) is 26.1 Å². The normalized spacial score (nSPS) is 13.2. The van der Waals surface area contributed by atoms with Crippen molar-refractivity contribution in [1.29, 1.82) is 0 Å². The second kappa shape index (κ2) is 6.22. The monoisotopic (exact) mass is 295 g/mol. The maximum Gasteiger partial charge on any atom is 0.416 e. The van der Waals surface area contributed by atoms with Gasteiger partial charge in [-0.05, 0) is 37.2 Å². The molecule has 0 saturated carbocycles. The Morgan fingerprint density at radius 2 is 2.00 bits per heavy atom. The predicted octanol–water partition coefficient (Wildman–Crippen LogP) is 3.50. The average Bonchev–Trinajstić information content (AvgIpc) is 2.44. The van der Waals surface area contributed by atoms with Gasteiger partial charge in [-0.1, -0.05) is 6.92 Å². The molecule has 21 heavy (non-hydrogen) atoms. The van der Waals surface area contributed by atoms with Gasteiger partial charge in [-0.3, -0.25) is 9.97 Å². The molecule has 0 aliphatic heterocycles. The molecule has 0 aliphatic rings. The quantitative estimate of drug-likeness (QED) is 0.938. The van der Waals surface area contributed by atoms with Crippen molar-refractivity contribution in [1.82, 2.24) is 15.3 Å². The fraction of sp³-hybridized carbons (Fsp3) is 0.333. The maximum atomic E-state index is 13.2. The molecule has 0 bridgehead atoms. The summed E-state index contributed by atoms with van der Waals surface area (Å²) in [5.74, 6) is 0. The van der Waals surface area contributed by atoms with Crippen molar-refractivity contribution in [2.75, 3.05) is 6.54 Å². The van der Waals surface area contributed by atoms with Crippen molar-refractivity contribution in [3.8, 4) is 0 Å². The number of rotatable bonds is 4. The molecule has 2 aromatic rings. The molecule has 2 rings (SSSR count). The summed E-state index contributed by atoms with van der Waals surface area (Å²) in [6.45, 7) is 4.24. The van der Waals surface area contributed by atoms with Crippen molar-refractivity contribution in [2.24, 2.45) is 0 Å². The highest BCUT2D eigenvalue weighted by atomic mass is 19.4. The predicted molar refractivity (Wildman–Crippen MR) is 73.7 cm³/mol. The Labute approximate surface area is 121 Å². The van der Waals surface area contributed by atoms with E-state index in [2.05, 4.69) is 15.3 Å². The van der Waals surface area contributed by atoms with Gasteiger partial charge >= 0.3 is 6.18 Å². The van der Waals surface area contributed by atoms with E-state index < -0.39 is 17.8 Å². The van der Waals surface area contributed by atoms with Gasteiger partial charge in [0.15, 0.2) is 0 Å². The number of nitrogens with one attached hydrogen (secondary N) is 1. The van der Waals surface area contributed by atoms with Gasteiger partial charge in [0.1, 0.15) is 0 Å².